The minimum Gasteiger partial charge on any atom is -0.474 e. The van der Waals surface area contributed by atoms with Crippen LogP contribution >= 0.6 is 11.6 Å². The van der Waals surface area contributed by atoms with E-state index >= 15 is 0 Å². The summed E-state index contributed by atoms with van der Waals surface area (Å²) in [5.74, 6) is 0.920. The van der Waals surface area contributed by atoms with Crippen LogP contribution in [0, 0.1) is 5.82 Å². The first-order chi connectivity index (χ1) is 19.4. The normalized spacial score (nSPS) is 18.1. The number of benzene rings is 1. The molecule has 0 unspecified atom stereocenters. The minimum absolute atomic E-state index is 0.00999. The van der Waals surface area contributed by atoms with Gasteiger partial charge in [-0.05, 0) is 43.0 Å². The Labute approximate surface area is 235 Å². The van der Waals surface area contributed by atoms with Crippen LogP contribution in [0.15, 0.2) is 42.7 Å². The number of carbonyl (C=O) groups is 1. The summed E-state index contributed by atoms with van der Waals surface area (Å²) in [6.45, 7) is 3.78. The number of primary amides is 1. The van der Waals surface area contributed by atoms with Crippen LogP contribution in [0.1, 0.15) is 47.0 Å². The molecule has 40 heavy (non-hydrogen) atoms. The summed E-state index contributed by atoms with van der Waals surface area (Å²) in [7, 11) is 0. The van der Waals surface area contributed by atoms with Crippen molar-refractivity contribution in [2.45, 2.75) is 51.0 Å². The lowest BCUT2D eigenvalue weighted by Crippen LogP contribution is -2.39. The zero-order valence-corrected chi connectivity index (χ0v) is 22.6. The number of pyridine rings is 1. The SMILES string of the molecule is NC(=O)c1cc2nc(CN3CCC(Oc4ccnc(Cc5ccc(Cl)cc5F)n4)CC3)n(C[C@@H]3CCO3)c2cn1. The van der Waals surface area contributed by atoms with Crippen molar-refractivity contribution < 1.29 is 18.7 Å². The molecule has 0 saturated carbocycles. The highest BCUT2D eigenvalue weighted by Gasteiger charge is 2.26. The summed E-state index contributed by atoms with van der Waals surface area (Å²) < 4.78 is 28.2. The molecular weight excluding hydrogens is 537 g/mol. The molecule has 2 aliphatic heterocycles. The first kappa shape index (κ1) is 26.5. The van der Waals surface area contributed by atoms with Gasteiger partial charge in [0.05, 0.1) is 36.4 Å². The molecule has 12 heteroatoms. The third-order valence-corrected chi connectivity index (χ3v) is 7.61. The Balaban J connectivity index is 1.09. The third-order valence-electron chi connectivity index (χ3n) is 7.38. The fraction of sp³-hybridized carbons (Fsp3) is 0.393. The minimum atomic E-state index is -0.574. The van der Waals surface area contributed by atoms with E-state index in [9.17, 15) is 9.18 Å². The third kappa shape index (κ3) is 5.91. The Bertz CT molecular complexity index is 1540. The smallest absolute Gasteiger partial charge is 0.267 e. The number of amides is 1. The van der Waals surface area contributed by atoms with Gasteiger partial charge in [0.2, 0.25) is 5.88 Å². The fourth-order valence-electron chi connectivity index (χ4n) is 5.09. The van der Waals surface area contributed by atoms with Gasteiger partial charge in [-0.1, -0.05) is 17.7 Å². The van der Waals surface area contributed by atoms with Crippen molar-refractivity contribution in [1.82, 2.24) is 29.4 Å². The van der Waals surface area contributed by atoms with E-state index in [1.54, 1.807) is 36.7 Å². The Kier molecular flexibility index (Phi) is 7.59. The van der Waals surface area contributed by atoms with E-state index in [4.69, 9.17) is 31.8 Å². The van der Waals surface area contributed by atoms with Crippen molar-refractivity contribution >= 4 is 28.5 Å². The average molecular weight is 566 g/mol. The zero-order valence-electron chi connectivity index (χ0n) is 21.8. The molecule has 5 heterocycles. The van der Waals surface area contributed by atoms with E-state index in [-0.39, 0.29) is 30.1 Å². The highest BCUT2D eigenvalue weighted by Crippen LogP contribution is 2.24. The first-order valence-electron chi connectivity index (χ1n) is 13.3. The van der Waals surface area contributed by atoms with Gasteiger partial charge in [0.1, 0.15) is 29.3 Å². The van der Waals surface area contributed by atoms with Crippen LogP contribution < -0.4 is 10.5 Å². The summed E-state index contributed by atoms with van der Waals surface area (Å²) in [6, 6.07) is 7.96. The number of hydrogen-bond donors (Lipinski definition) is 1. The molecule has 0 bridgehead atoms. The predicted octanol–water partition coefficient (Wildman–Crippen LogP) is 3.54. The monoisotopic (exact) mass is 565 g/mol. The molecule has 6 rings (SSSR count). The van der Waals surface area contributed by atoms with Crippen LogP contribution in [0.4, 0.5) is 4.39 Å². The van der Waals surface area contributed by atoms with E-state index < -0.39 is 5.91 Å². The number of hydrogen-bond acceptors (Lipinski definition) is 8. The van der Waals surface area contributed by atoms with Gasteiger partial charge in [-0.15, -0.1) is 0 Å². The van der Waals surface area contributed by atoms with Gasteiger partial charge in [-0.2, -0.15) is 4.98 Å². The number of halogens is 2. The molecule has 0 aliphatic carbocycles. The maximum Gasteiger partial charge on any atom is 0.267 e. The van der Waals surface area contributed by atoms with Gasteiger partial charge in [0.15, 0.2) is 0 Å². The number of rotatable bonds is 9. The summed E-state index contributed by atoms with van der Waals surface area (Å²) in [4.78, 5) is 31.8. The predicted molar refractivity (Wildman–Crippen MR) is 146 cm³/mol. The summed E-state index contributed by atoms with van der Waals surface area (Å²) in [6.07, 6.45) is 6.37. The second-order valence-electron chi connectivity index (χ2n) is 10.2. The van der Waals surface area contributed by atoms with Crippen LogP contribution in [-0.2, 0) is 24.2 Å². The van der Waals surface area contributed by atoms with Gasteiger partial charge in [0.25, 0.3) is 5.91 Å². The molecule has 2 aliphatic rings. The number of fused-ring (bicyclic) bond motifs is 1. The highest BCUT2D eigenvalue weighted by molar-refractivity contribution is 6.30. The van der Waals surface area contributed by atoms with Crippen molar-refractivity contribution in [3.63, 3.8) is 0 Å². The molecular formula is C28H29ClFN7O3. The molecule has 4 aromatic rings. The van der Waals surface area contributed by atoms with Crippen LogP contribution in [0.25, 0.3) is 11.0 Å². The van der Waals surface area contributed by atoms with Crippen LogP contribution in [-0.4, -0.2) is 67.2 Å². The van der Waals surface area contributed by atoms with Gasteiger partial charge in [-0.3, -0.25) is 9.69 Å². The van der Waals surface area contributed by atoms with Crippen LogP contribution in [0.2, 0.25) is 5.02 Å². The Morgan fingerprint density at radius 1 is 1.15 bits per heavy atom. The summed E-state index contributed by atoms with van der Waals surface area (Å²) in [5.41, 5.74) is 7.68. The van der Waals surface area contributed by atoms with Gasteiger partial charge >= 0.3 is 0 Å². The van der Waals surface area contributed by atoms with Crippen molar-refractivity contribution in [2.75, 3.05) is 19.7 Å². The number of piperidine rings is 1. The maximum absolute atomic E-state index is 14.2. The standard InChI is InChI=1S/C28H29ClFN7O3/c29-18-2-1-17(21(30)12-18)11-25-32-7-3-27(35-25)40-19-4-8-36(9-5-19)16-26-34-22-13-23(28(31)38)33-14-24(22)37(26)15-20-6-10-39-20/h1-3,7,12-14,19-20H,4-6,8-11,15-16H2,(H2,31,38)/t20-/m0/s1. The van der Waals surface area contributed by atoms with Crippen molar-refractivity contribution in [2.24, 2.45) is 5.73 Å². The number of imidazole rings is 1. The molecule has 0 spiro atoms. The lowest BCUT2D eigenvalue weighted by molar-refractivity contribution is -0.0592. The molecule has 2 N–H and O–H groups in total. The van der Waals surface area contributed by atoms with E-state index in [0.717, 1.165) is 50.3 Å². The van der Waals surface area contributed by atoms with Gasteiger partial charge < -0.3 is 19.8 Å². The second-order valence-corrected chi connectivity index (χ2v) is 10.6. The van der Waals surface area contributed by atoms with Crippen molar-refractivity contribution in [3.05, 3.63) is 76.5 Å². The second kappa shape index (κ2) is 11.4. The van der Waals surface area contributed by atoms with Crippen LogP contribution in [0.3, 0.4) is 0 Å². The first-order valence-corrected chi connectivity index (χ1v) is 13.7. The quantitative estimate of drug-likeness (QED) is 0.327. The lowest BCUT2D eigenvalue weighted by Gasteiger charge is -2.32. The Hall–Kier alpha value is -3.67. The molecule has 0 radical (unpaired) electrons. The number of nitrogens with zero attached hydrogens (tertiary/aromatic N) is 6. The van der Waals surface area contributed by atoms with Crippen molar-refractivity contribution in [1.29, 1.82) is 0 Å². The Morgan fingerprint density at radius 3 is 2.70 bits per heavy atom. The highest BCUT2D eigenvalue weighted by atomic mass is 35.5. The molecule has 1 amide bonds. The van der Waals surface area contributed by atoms with Crippen molar-refractivity contribution in [3.8, 4) is 5.88 Å². The van der Waals surface area contributed by atoms with Crippen LogP contribution in [0.5, 0.6) is 5.88 Å². The van der Waals surface area contributed by atoms with E-state index in [2.05, 4.69) is 24.4 Å². The molecule has 2 fully saturated rings. The topological polar surface area (TPSA) is 121 Å². The van der Waals surface area contributed by atoms with E-state index in [1.807, 2.05) is 0 Å². The number of nitrogens with two attached hydrogens (primary N) is 1. The number of ether oxygens (including phenoxy) is 2. The molecule has 2 saturated heterocycles. The molecule has 3 aromatic heterocycles. The number of likely N-dealkylation sites (tertiary alicyclic amines) is 1. The average Bonchev–Trinajstić information content (AvgIpc) is 3.25. The van der Waals surface area contributed by atoms with E-state index in [1.165, 1.54) is 6.07 Å². The molecule has 1 atom stereocenters. The van der Waals surface area contributed by atoms with Gasteiger partial charge in [0, 0.05) is 43.4 Å². The zero-order chi connectivity index (χ0) is 27.6. The lowest BCUT2D eigenvalue weighted by atomic mass is 10.1. The summed E-state index contributed by atoms with van der Waals surface area (Å²) in [5, 5.41) is 0.351. The van der Waals surface area contributed by atoms with Gasteiger partial charge in [-0.25, -0.2) is 19.3 Å². The maximum atomic E-state index is 14.2. The number of aromatic nitrogens is 5. The Morgan fingerprint density at radius 2 is 1.98 bits per heavy atom. The molecule has 208 valence electrons. The number of carbonyl (C=O) groups excluding carboxylic acids is 1. The summed E-state index contributed by atoms with van der Waals surface area (Å²) >= 11 is 5.86. The molecule has 10 nitrogen and oxygen atoms in total. The molecule has 1 aromatic carbocycles. The van der Waals surface area contributed by atoms with E-state index in [0.29, 0.717) is 40.9 Å². The largest absolute Gasteiger partial charge is 0.474 e. The fourth-order valence-corrected chi connectivity index (χ4v) is 5.25.